The first kappa shape index (κ1) is 21.7. The van der Waals surface area contributed by atoms with Crippen LogP contribution in [0.4, 0.5) is 5.69 Å². The topological polar surface area (TPSA) is 26.0 Å². The first-order chi connectivity index (χ1) is 16.7. The van der Waals surface area contributed by atoms with Gasteiger partial charge in [0.05, 0.1) is 0 Å². The summed E-state index contributed by atoms with van der Waals surface area (Å²) in [6, 6.07) is 43.1. The molecule has 0 aliphatic heterocycles. The molecule has 0 heterocycles. The van der Waals surface area contributed by atoms with Gasteiger partial charge in [0.15, 0.2) is 0 Å². The Morgan fingerprint density at radius 2 is 0.824 bits per heavy atom. The normalized spacial score (nSPS) is 10.9. The van der Waals surface area contributed by atoms with E-state index in [-0.39, 0.29) is 0 Å². The van der Waals surface area contributed by atoms with Crippen molar-refractivity contribution in [2.24, 2.45) is 0 Å². The average Bonchev–Trinajstić information content (AvgIpc) is 2.88. The lowest BCUT2D eigenvalue weighted by Gasteiger charge is -2.15. The van der Waals surface area contributed by atoms with Crippen LogP contribution < -0.4 is 5.73 Å². The van der Waals surface area contributed by atoms with E-state index in [0.717, 1.165) is 40.8 Å². The molecule has 0 saturated heterocycles. The minimum absolute atomic E-state index is 0.831. The molecule has 2 N–H and O–H groups in total. The molecule has 34 heavy (non-hydrogen) atoms. The highest BCUT2D eigenvalue weighted by Gasteiger charge is 2.11. The van der Waals surface area contributed by atoms with Crippen molar-refractivity contribution >= 4 is 5.69 Å². The zero-order valence-corrected chi connectivity index (χ0v) is 19.5. The van der Waals surface area contributed by atoms with Crippen LogP contribution in [0, 0.1) is 6.92 Å². The largest absolute Gasteiger partial charge is 0.398 e. The highest BCUT2D eigenvalue weighted by atomic mass is 14.6. The summed E-state index contributed by atoms with van der Waals surface area (Å²) < 4.78 is 0. The van der Waals surface area contributed by atoms with Gasteiger partial charge in [0.1, 0.15) is 0 Å². The number of anilines is 1. The molecule has 5 rings (SSSR count). The van der Waals surface area contributed by atoms with Crippen LogP contribution in [0.15, 0.2) is 121 Å². The lowest BCUT2D eigenvalue weighted by atomic mass is 9.92. The SMILES string of the molecule is Cc1cc(-c2ccc(Cc3ccccc3)cc2)c(N)c(-c2ccc(Cc3ccccc3)cc2)c1. The van der Waals surface area contributed by atoms with Gasteiger partial charge in [0.2, 0.25) is 0 Å². The Morgan fingerprint density at radius 1 is 0.471 bits per heavy atom. The molecule has 166 valence electrons. The molecule has 0 aromatic heterocycles. The van der Waals surface area contributed by atoms with E-state index < -0.39 is 0 Å². The van der Waals surface area contributed by atoms with E-state index in [1.54, 1.807) is 0 Å². The van der Waals surface area contributed by atoms with Gasteiger partial charge in [-0.15, -0.1) is 0 Å². The van der Waals surface area contributed by atoms with Gasteiger partial charge in [0, 0.05) is 16.8 Å². The fraction of sp³-hybridized carbons (Fsp3) is 0.0909. The predicted octanol–water partition coefficient (Wildman–Crippen LogP) is 8.09. The molecule has 0 atom stereocenters. The third kappa shape index (κ3) is 4.94. The van der Waals surface area contributed by atoms with E-state index in [1.807, 2.05) is 0 Å². The summed E-state index contributed by atoms with van der Waals surface area (Å²) in [6.07, 6.45) is 1.87. The van der Waals surface area contributed by atoms with Gasteiger partial charge >= 0.3 is 0 Å². The number of hydrogen-bond acceptors (Lipinski definition) is 1. The number of benzene rings is 5. The van der Waals surface area contributed by atoms with E-state index in [4.69, 9.17) is 5.73 Å². The van der Waals surface area contributed by atoms with Crippen molar-refractivity contribution < 1.29 is 0 Å². The minimum Gasteiger partial charge on any atom is -0.398 e. The van der Waals surface area contributed by atoms with Crippen LogP contribution in [0.3, 0.4) is 0 Å². The number of nitrogen functional groups attached to an aromatic ring is 1. The van der Waals surface area contributed by atoms with Crippen LogP contribution in [0.2, 0.25) is 0 Å². The van der Waals surface area contributed by atoms with Gasteiger partial charge in [-0.1, -0.05) is 109 Å². The van der Waals surface area contributed by atoms with Crippen LogP contribution >= 0.6 is 0 Å². The second-order valence-corrected chi connectivity index (χ2v) is 8.99. The van der Waals surface area contributed by atoms with Crippen molar-refractivity contribution in [1.82, 2.24) is 0 Å². The van der Waals surface area contributed by atoms with Crippen molar-refractivity contribution in [2.75, 3.05) is 5.73 Å². The molecule has 0 bridgehead atoms. The summed E-state index contributed by atoms with van der Waals surface area (Å²) in [5.41, 5.74) is 18.5. The number of nitrogens with two attached hydrogens (primary N) is 1. The molecule has 0 aliphatic rings. The van der Waals surface area contributed by atoms with Crippen LogP contribution in [0.1, 0.15) is 27.8 Å². The Kier molecular flexibility index (Phi) is 6.27. The van der Waals surface area contributed by atoms with Gasteiger partial charge in [-0.3, -0.25) is 0 Å². The molecule has 1 heteroatoms. The molecule has 0 amide bonds. The number of rotatable bonds is 6. The highest BCUT2D eigenvalue weighted by molar-refractivity contribution is 5.89. The van der Waals surface area contributed by atoms with Crippen molar-refractivity contribution in [3.63, 3.8) is 0 Å². The van der Waals surface area contributed by atoms with E-state index in [0.29, 0.717) is 0 Å². The van der Waals surface area contributed by atoms with Crippen LogP contribution in [0.5, 0.6) is 0 Å². The van der Waals surface area contributed by atoms with Crippen molar-refractivity contribution in [3.05, 3.63) is 149 Å². The smallest absolute Gasteiger partial charge is 0.0473 e. The average molecular weight is 440 g/mol. The monoisotopic (exact) mass is 439 g/mol. The Morgan fingerprint density at radius 3 is 1.21 bits per heavy atom. The van der Waals surface area contributed by atoms with Gasteiger partial charge in [-0.25, -0.2) is 0 Å². The summed E-state index contributed by atoms with van der Waals surface area (Å²) in [5, 5.41) is 0. The quantitative estimate of drug-likeness (QED) is 0.266. The van der Waals surface area contributed by atoms with Crippen LogP contribution in [-0.4, -0.2) is 0 Å². The maximum absolute atomic E-state index is 6.74. The molecule has 1 nitrogen and oxygen atoms in total. The molecule has 0 unspecified atom stereocenters. The Hall–Kier alpha value is -4.10. The molecule has 0 radical (unpaired) electrons. The molecule has 0 spiro atoms. The number of aryl methyl sites for hydroxylation is 1. The van der Waals surface area contributed by atoms with E-state index in [9.17, 15) is 0 Å². The van der Waals surface area contributed by atoms with Gasteiger partial charge < -0.3 is 5.73 Å². The second kappa shape index (κ2) is 9.80. The first-order valence-electron chi connectivity index (χ1n) is 11.8. The lowest BCUT2D eigenvalue weighted by Crippen LogP contribution is -1.97. The Labute approximate surface area is 202 Å². The molecule has 0 aliphatic carbocycles. The summed E-state index contributed by atoms with van der Waals surface area (Å²) in [5.74, 6) is 0. The van der Waals surface area contributed by atoms with E-state index in [2.05, 4.69) is 128 Å². The van der Waals surface area contributed by atoms with Crippen molar-refractivity contribution in [1.29, 1.82) is 0 Å². The standard InChI is InChI=1S/C33H29N/c1-24-20-31(29-16-12-27(13-17-29)22-25-8-4-2-5-9-25)33(34)32(21-24)30-18-14-28(15-19-30)23-26-10-6-3-7-11-26/h2-21H,22-23,34H2,1H3. The predicted molar refractivity (Wildman–Crippen MR) is 145 cm³/mol. The van der Waals surface area contributed by atoms with Crippen molar-refractivity contribution in [3.8, 4) is 22.3 Å². The molecule has 5 aromatic rings. The molecule has 0 saturated carbocycles. The summed E-state index contributed by atoms with van der Waals surface area (Å²) in [4.78, 5) is 0. The van der Waals surface area contributed by atoms with Crippen LogP contribution in [0.25, 0.3) is 22.3 Å². The Balaban J connectivity index is 1.40. The second-order valence-electron chi connectivity index (χ2n) is 8.99. The van der Waals surface area contributed by atoms with E-state index in [1.165, 1.54) is 27.8 Å². The van der Waals surface area contributed by atoms with Crippen molar-refractivity contribution in [2.45, 2.75) is 19.8 Å². The number of hydrogen-bond donors (Lipinski definition) is 1. The lowest BCUT2D eigenvalue weighted by molar-refractivity contribution is 1.19. The fourth-order valence-corrected chi connectivity index (χ4v) is 4.54. The molecular weight excluding hydrogens is 410 g/mol. The molecular formula is C33H29N. The maximum atomic E-state index is 6.74. The zero-order chi connectivity index (χ0) is 23.3. The summed E-state index contributed by atoms with van der Waals surface area (Å²) in [6.45, 7) is 2.14. The fourth-order valence-electron chi connectivity index (χ4n) is 4.54. The zero-order valence-electron chi connectivity index (χ0n) is 19.5. The Bertz CT molecular complexity index is 1260. The van der Waals surface area contributed by atoms with E-state index >= 15 is 0 Å². The van der Waals surface area contributed by atoms with Gasteiger partial charge in [-0.05, 0) is 70.8 Å². The minimum atomic E-state index is 0.831. The maximum Gasteiger partial charge on any atom is 0.0473 e. The summed E-state index contributed by atoms with van der Waals surface area (Å²) >= 11 is 0. The summed E-state index contributed by atoms with van der Waals surface area (Å²) in [7, 11) is 0. The molecule has 0 fully saturated rings. The van der Waals surface area contributed by atoms with Crippen LogP contribution in [-0.2, 0) is 12.8 Å². The third-order valence-corrected chi connectivity index (χ3v) is 6.36. The van der Waals surface area contributed by atoms with Gasteiger partial charge in [0.25, 0.3) is 0 Å². The van der Waals surface area contributed by atoms with Gasteiger partial charge in [-0.2, -0.15) is 0 Å². The third-order valence-electron chi connectivity index (χ3n) is 6.36. The highest BCUT2D eigenvalue weighted by Crippen LogP contribution is 2.36. The first-order valence-corrected chi connectivity index (χ1v) is 11.8. The molecule has 5 aromatic carbocycles.